The topological polar surface area (TPSA) is 44.4 Å². The van der Waals surface area contributed by atoms with E-state index >= 15 is 0 Å². The van der Waals surface area contributed by atoms with Crippen molar-refractivity contribution in [1.82, 2.24) is 15.5 Å². The van der Waals surface area contributed by atoms with Crippen molar-refractivity contribution in [2.24, 2.45) is 11.8 Å². The fourth-order valence-corrected chi connectivity index (χ4v) is 2.79. The Labute approximate surface area is 104 Å². The van der Waals surface area contributed by atoms with Crippen molar-refractivity contribution < 1.29 is 4.79 Å². The normalized spacial score (nSPS) is 29.4. The average molecular weight is 239 g/mol. The number of carbonyl (C=O) groups is 1. The number of hydrogen-bond donors (Lipinski definition) is 2. The Morgan fingerprint density at radius 3 is 2.47 bits per heavy atom. The highest BCUT2D eigenvalue weighted by Crippen LogP contribution is 2.25. The molecule has 0 aromatic rings. The van der Waals surface area contributed by atoms with Gasteiger partial charge in [0, 0.05) is 18.6 Å². The van der Waals surface area contributed by atoms with Gasteiger partial charge in [-0.25, -0.2) is 0 Å². The van der Waals surface area contributed by atoms with Crippen LogP contribution in [-0.4, -0.2) is 49.1 Å². The van der Waals surface area contributed by atoms with E-state index in [1.54, 1.807) is 0 Å². The Balaban J connectivity index is 1.77. The maximum absolute atomic E-state index is 11.9. The van der Waals surface area contributed by atoms with E-state index in [1.807, 2.05) is 0 Å². The van der Waals surface area contributed by atoms with Crippen LogP contribution in [0, 0.1) is 11.8 Å². The van der Waals surface area contributed by atoms with Gasteiger partial charge in [0.1, 0.15) is 0 Å². The SMILES string of the molecule is CCC(C)(C)NC(=O)CN1C[C@H]2CNC[C@H]2C1. The first kappa shape index (κ1) is 12.8. The number of nitrogens with one attached hydrogen (secondary N) is 2. The molecule has 0 bridgehead atoms. The van der Waals surface area contributed by atoms with E-state index in [1.165, 1.54) is 0 Å². The molecule has 0 unspecified atom stereocenters. The predicted octanol–water partition coefficient (Wildman–Crippen LogP) is 0.442. The standard InChI is InChI=1S/C13H25N3O/c1-4-13(2,3)15-12(17)9-16-7-10-5-14-6-11(10)8-16/h10-11,14H,4-9H2,1-3H3,(H,15,17)/t10-,11+. The van der Waals surface area contributed by atoms with Crippen molar-refractivity contribution in [3.8, 4) is 0 Å². The number of nitrogens with zero attached hydrogens (tertiary/aromatic N) is 1. The minimum atomic E-state index is -0.0752. The van der Waals surface area contributed by atoms with Gasteiger partial charge >= 0.3 is 0 Å². The molecule has 4 heteroatoms. The van der Waals surface area contributed by atoms with Crippen LogP contribution in [-0.2, 0) is 4.79 Å². The van der Waals surface area contributed by atoms with E-state index in [4.69, 9.17) is 0 Å². The van der Waals surface area contributed by atoms with Crippen LogP contribution in [0.2, 0.25) is 0 Å². The van der Waals surface area contributed by atoms with E-state index in [2.05, 4.69) is 36.3 Å². The molecule has 2 aliphatic rings. The van der Waals surface area contributed by atoms with Crippen molar-refractivity contribution >= 4 is 5.91 Å². The van der Waals surface area contributed by atoms with Gasteiger partial charge < -0.3 is 10.6 Å². The molecule has 0 spiro atoms. The summed E-state index contributed by atoms with van der Waals surface area (Å²) in [6.45, 7) is 11.2. The molecule has 2 saturated heterocycles. The fourth-order valence-electron chi connectivity index (χ4n) is 2.79. The molecule has 98 valence electrons. The molecule has 2 heterocycles. The Kier molecular flexibility index (Phi) is 3.73. The lowest BCUT2D eigenvalue weighted by molar-refractivity contribution is -0.123. The van der Waals surface area contributed by atoms with Crippen molar-refractivity contribution in [2.75, 3.05) is 32.7 Å². The Morgan fingerprint density at radius 2 is 1.94 bits per heavy atom. The molecule has 2 aliphatic heterocycles. The first-order valence-electron chi connectivity index (χ1n) is 6.74. The number of hydrogen-bond acceptors (Lipinski definition) is 3. The van der Waals surface area contributed by atoms with E-state index in [0.717, 1.165) is 44.4 Å². The summed E-state index contributed by atoms with van der Waals surface area (Å²) in [5.74, 6) is 1.70. The van der Waals surface area contributed by atoms with Gasteiger partial charge in [-0.1, -0.05) is 6.92 Å². The first-order chi connectivity index (χ1) is 8.00. The van der Waals surface area contributed by atoms with Gasteiger partial charge in [-0.15, -0.1) is 0 Å². The van der Waals surface area contributed by atoms with Crippen molar-refractivity contribution in [3.05, 3.63) is 0 Å². The molecule has 0 radical (unpaired) electrons. The molecule has 0 saturated carbocycles. The molecule has 2 fully saturated rings. The molecule has 0 aliphatic carbocycles. The molecule has 2 atom stereocenters. The second kappa shape index (κ2) is 4.94. The molecule has 17 heavy (non-hydrogen) atoms. The summed E-state index contributed by atoms with van der Waals surface area (Å²) >= 11 is 0. The van der Waals surface area contributed by atoms with E-state index in [0.29, 0.717) is 6.54 Å². The summed E-state index contributed by atoms with van der Waals surface area (Å²) in [4.78, 5) is 14.2. The summed E-state index contributed by atoms with van der Waals surface area (Å²) in [5.41, 5.74) is -0.0752. The minimum Gasteiger partial charge on any atom is -0.350 e. The molecular formula is C13H25N3O. The van der Waals surface area contributed by atoms with Crippen LogP contribution >= 0.6 is 0 Å². The van der Waals surface area contributed by atoms with Gasteiger partial charge in [-0.3, -0.25) is 9.69 Å². The van der Waals surface area contributed by atoms with E-state index < -0.39 is 0 Å². The summed E-state index contributed by atoms with van der Waals surface area (Å²) in [6.07, 6.45) is 0.966. The first-order valence-corrected chi connectivity index (χ1v) is 6.74. The Hall–Kier alpha value is -0.610. The molecule has 0 aromatic heterocycles. The monoisotopic (exact) mass is 239 g/mol. The lowest BCUT2D eigenvalue weighted by atomic mass is 10.0. The fraction of sp³-hybridized carbons (Fsp3) is 0.923. The Bertz CT molecular complexity index is 278. The quantitative estimate of drug-likeness (QED) is 0.748. The van der Waals surface area contributed by atoms with Crippen molar-refractivity contribution in [2.45, 2.75) is 32.7 Å². The van der Waals surface area contributed by atoms with Crippen LogP contribution in [0.3, 0.4) is 0 Å². The lowest BCUT2D eigenvalue weighted by Crippen LogP contribution is -2.47. The van der Waals surface area contributed by atoms with Crippen LogP contribution in [0.4, 0.5) is 0 Å². The lowest BCUT2D eigenvalue weighted by Gasteiger charge is -2.26. The third-order valence-electron chi connectivity index (χ3n) is 4.19. The number of fused-ring (bicyclic) bond motifs is 1. The van der Waals surface area contributed by atoms with Gasteiger partial charge in [-0.05, 0) is 45.2 Å². The largest absolute Gasteiger partial charge is 0.350 e. The van der Waals surface area contributed by atoms with Gasteiger partial charge in [0.05, 0.1) is 6.54 Å². The molecule has 0 aromatic carbocycles. The van der Waals surface area contributed by atoms with Crippen LogP contribution in [0.15, 0.2) is 0 Å². The summed E-state index contributed by atoms with van der Waals surface area (Å²) in [7, 11) is 0. The summed E-state index contributed by atoms with van der Waals surface area (Å²) in [6, 6.07) is 0. The Morgan fingerprint density at radius 1 is 1.35 bits per heavy atom. The van der Waals surface area contributed by atoms with Crippen LogP contribution < -0.4 is 10.6 Å². The maximum atomic E-state index is 11.9. The smallest absolute Gasteiger partial charge is 0.234 e. The van der Waals surface area contributed by atoms with Crippen LogP contribution in [0.5, 0.6) is 0 Å². The maximum Gasteiger partial charge on any atom is 0.234 e. The highest BCUT2D eigenvalue weighted by Gasteiger charge is 2.36. The second-order valence-electron chi connectivity index (χ2n) is 6.16. The predicted molar refractivity (Wildman–Crippen MR) is 68.8 cm³/mol. The van der Waals surface area contributed by atoms with Gasteiger partial charge in [0.25, 0.3) is 0 Å². The van der Waals surface area contributed by atoms with Crippen molar-refractivity contribution in [1.29, 1.82) is 0 Å². The molecule has 4 nitrogen and oxygen atoms in total. The summed E-state index contributed by atoms with van der Waals surface area (Å²) in [5, 5.41) is 6.52. The highest BCUT2D eigenvalue weighted by molar-refractivity contribution is 5.78. The zero-order chi connectivity index (χ0) is 12.5. The van der Waals surface area contributed by atoms with Crippen molar-refractivity contribution in [3.63, 3.8) is 0 Å². The van der Waals surface area contributed by atoms with Crippen LogP contribution in [0.1, 0.15) is 27.2 Å². The number of rotatable bonds is 4. The van der Waals surface area contributed by atoms with Gasteiger partial charge in [0.15, 0.2) is 0 Å². The summed E-state index contributed by atoms with van der Waals surface area (Å²) < 4.78 is 0. The third-order valence-corrected chi connectivity index (χ3v) is 4.19. The molecular weight excluding hydrogens is 214 g/mol. The molecule has 2 rings (SSSR count). The highest BCUT2D eigenvalue weighted by atomic mass is 16.2. The van der Waals surface area contributed by atoms with E-state index in [-0.39, 0.29) is 11.4 Å². The third kappa shape index (κ3) is 3.19. The molecule has 1 amide bonds. The van der Waals surface area contributed by atoms with Gasteiger partial charge in [-0.2, -0.15) is 0 Å². The van der Waals surface area contributed by atoms with Crippen LogP contribution in [0.25, 0.3) is 0 Å². The zero-order valence-electron chi connectivity index (χ0n) is 11.3. The number of carbonyl (C=O) groups excluding carboxylic acids is 1. The minimum absolute atomic E-state index is 0.0752. The molecule has 2 N–H and O–H groups in total. The number of amides is 1. The van der Waals surface area contributed by atoms with Gasteiger partial charge in [0.2, 0.25) is 5.91 Å². The second-order valence-corrected chi connectivity index (χ2v) is 6.16. The van der Waals surface area contributed by atoms with E-state index in [9.17, 15) is 4.79 Å². The number of likely N-dealkylation sites (tertiary alicyclic amines) is 1. The zero-order valence-corrected chi connectivity index (χ0v) is 11.3. The average Bonchev–Trinajstić information content (AvgIpc) is 2.76.